The Labute approximate surface area is 137 Å². The highest BCUT2D eigenvalue weighted by Gasteiger charge is 2.20. The van der Waals surface area contributed by atoms with Crippen LogP contribution < -0.4 is 10.6 Å². The minimum atomic E-state index is -0.365. The van der Waals surface area contributed by atoms with Crippen LogP contribution in [0.25, 0.3) is 0 Å². The van der Waals surface area contributed by atoms with Crippen molar-refractivity contribution in [3.8, 4) is 6.07 Å². The van der Waals surface area contributed by atoms with Crippen LogP contribution in [0.5, 0.6) is 0 Å². The third-order valence-electron chi connectivity index (χ3n) is 4.62. The van der Waals surface area contributed by atoms with E-state index in [1.54, 1.807) is 19.2 Å². The molecule has 0 atom stereocenters. The first-order valence-electron chi connectivity index (χ1n) is 8.32. The van der Waals surface area contributed by atoms with E-state index >= 15 is 0 Å². The molecule has 0 unspecified atom stereocenters. The van der Waals surface area contributed by atoms with Gasteiger partial charge < -0.3 is 10.6 Å². The molecule has 0 heterocycles. The number of hydrogen-bond donors (Lipinski definition) is 2. The monoisotopic (exact) mass is 316 g/mol. The van der Waals surface area contributed by atoms with Crippen molar-refractivity contribution in [2.45, 2.75) is 51.6 Å². The molecule has 1 aromatic carbocycles. The van der Waals surface area contributed by atoms with E-state index in [-0.39, 0.29) is 5.82 Å². The van der Waals surface area contributed by atoms with Crippen molar-refractivity contribution < 1.29 is 4.39 Å². The van der Waals surface area contributed by atoms with Crippen molar-refractivity contribution in [3.63, 3.8) is 0 Å². The maximum Gasteiger partial charge on any atom is 0.191 e. The second kappa shape index (κ2) is 8.52. The summed E-state index contributed by atoms with van der Waals surface area (Å²) in [4.78, 5) is 4.22. The summed E-state index contributed by atoms with van der Waals surface area (Å²) in [5.74, 6) is 1.19. The summed E-state index contributed by atoms with van der Waals surface area (Å²) in [6.45, 7) is 2.60. The van der Waals surface area contributed by atoms with Crippen molar-refractivity contribution in [2.75, 3.05) is 7.05 Å². The Morgan fingerprint density at radius 3 is 2.65 bits per heavy atom. The molecule has 0 radical (unpaired) electrons. The number of rotatable bonds is 4. The van der Waals surface area contributed by atoms with E-state index in [0.717, 1.165) is 18.8 Å². The molecule has 2 N–H and O–H groups in total. The smallest absolute Gasteiger partial charge is 0.191 e. The van der Waals surface area contributed by atoms with Gasteiger partial charge in [0, 0.05) is 25.2 Å². The van der Waals surface area contributed by atoms with Gasteiger partial charge in [-0.05, 0) is 43.7 Å². The summed E-state index contributed by atoms with van der Waals surface area (Å²) in [5.41, 5.74) is 0.864. The van der Waals surface area contributed by atoms with Crippen LogP contribution in [0.3, 0.4) is 0 Å². The topological polar surface area (TPSA) is 60.2 Å². The van der Waals surface area contributed by atoms with E-state index in [1.807, 2.05) is 6.07 Å². The first kappa shape index (κ1) is 17.3. The van der Waals surface area contributed by atoms with Crippen LogP contribution in [0.2, 0.25) is 0 Å². The standard InChI is InChI=1S/C18H25FN4/c1-3-13-5-8-16(9-6-13)23-18(21-2)22-12-15-7-4-14(11-20)10-17(15)19/h4,7,10,13,16H,3,5-6,8-9,12H2,1-2H3,(H2,21,22,23). The van der Waals surface area contributed by atoms with Crippen LogP contribution >= 0.6 is 0 Å². The van der Waals surface area contributed by atoms with Gasteiger partial charge in [0.15, 0.2) is 5.96 Å². The number of nitriles is 1. The van der Waals surface area contributed by atoms with Gasteiger partial charge in [-0.15, -0.1) is 0 Å². The van der Waals surface area contributed by atoms with Crippen LogP contribution in [-0.4, -0.2) is 19.0 Å². The quantitative estimate of drug-likeness (QED) is 0.661. The lowest BCUT2D eigenvalue weighted by molar-refractivity contribution is 0.304. The minimum absolute atomic E-state index is 0.335. The lowest BCUT2D eigenvalue weighted by Gasteiger charge is -2.29. The van der Waals surface area contributed by atoms with E-state index in [2.05, 4.69) is 22.5 Å². The molecule has 0 spiro atoms. The van der Waals surface area contributed by atoms with Crippen molar-refractivity contribution >= 4 is 5.96 Å². The molecule has 0 amide bonds. The average molecular weight is 316 g/mol. The van der Waals surface area contributed by atoms with Gasteiger partial charge in [0.2, 0.25) is 0 Å². The Bertz CT molecular complexity index is 583. The van der Waals surface area contributed by atoms with Gasteiger partial charge in [-0.2, -0.15) is 5.26 Å². The molecule has 0 aromatic heterocycles. The Hall–Kier alpha value is -2.09. The van der Waals surface area contributed by atoms with Gasteiger partial charge in [-0.3, -0.25) is 4.99 Å². The molecule has 1 aliphatic rings. The van der Waals surface area contributed by atoms with Crippen LogP contribution in [0.1, 0.15) is 50.2 Å². The Balaban J connectivity index is 1.85. The fourth-order valence-corrected chi connectivity index (χ4v) is 3.04. The van der Waals surface area contributed by atoms with Gasteiger partial charge in [-0.1, -0.05) is 19.4 Å². The zero-order valence-electron chi connectivity index (χ0n) is 13.9. The second-order valence-corrected chi connectivity index (χ2v) is 6.11. The van der Waals surface area contributed by atoms with E-state index in [1.165, 1.54) is 25.3 Å². The van der Waals surface area contributed by atoms with Crippen molar-refractivity contribution in [1.82, 2.24) is 10.6 Å². The number of aliphatic imine (C=N–C) groups is 1. The van der Waals surface area contributed by atoms with Crippen LogP contribution in [-0.2, 0) is 6.54 Å². The van der Waals surface area contributed by atoms with Gasteiger partial charge in [0.1, 0.15) is 5.82 Å². The first-order chi connectivity index (χ1) is 11.2. The molecule has 1 fully saturated rings. The molecule has 0 saturated heterocycles. The molecule has 0 bridgehead atoms. The molecular weight excluding hydrogens is 291 g/mol. The SMILES string of the molecule is CCC1CCC(NC(=NC)NCc2ccc(C#N)cc2F)CC1. The average Bonchev–Trinajstić information content (AvgIpc) is 2.59. The highest BCUT2D eigenvalue weighted by Crippen LogP contribution is 2.26. The molecule has 2 rings (SSSR count). The van der Waals surface area contributed by atoms with Crippen molar-refractivity contribution in [1.29, 1.82) is 5.26 Å². The summed E-state index contributed by atoms with van der Waals surface area (Å²) in [5, 5.41) is 15.3. The largest absolute Gasteiger partial charge is 0.354 e. The molecule has 124 valence electrons. The van der Waals surface area contributed by atoms with Crippen molar-refractivity contribution in [3.05, 3.63) is 35.1 Å². The summed E-state index contributed by atoms with van der Waals surface area (Å²) in [7, 11) is 1.72. The van der Waals surface area contributed by atoms with Crippen LogP contribution in [0.4, 0.5) is 4.39 Å². The van der Waals surface area contributed by atoms with Crippen molar-refractivity contribution in [2.24, 2.45) is 10.9 Å². The number of benzene rings is 1. The van der Waals surface area contributed by atoms with E-state index in [0.29, 0.717) is 29.7 Å². The molecule has 4 nitrogen and oxygen atoms in total. The molecule has 23 heavy (non-hydrogen) atoms. The fraction of sp³-hybridized carbons (Fsp3) is 0.556. The molecule has 0 aliphatic heterocycles. The predicted octanol–water partition coefficient (Wildman–Crippen LogP) is 3.33. The molecular formula is C18H25FN4. The molecule has 1 aliphatic carbocycles. The highest BCUT2D eigenvalue weighted by atomic mass is 19.1. The van der Waals surface area contributed by atoms with Gasteiger partial charge in [0.25, 0.3) is 0 Å². The highest BCUT2D eigenvalue weighted by molar-refractivity contribution is 5.79. The second-order valence-electron chi connectivity index (χ2n) is 6.11. The predicted molar refractivity (Wildman–Crippen MR) is 90.5 cm³/mol. The summed E-state index contributed by atoms with van der Waals surface area (Å²) < 4.78 is 13.9. The summed E-state index contributed by atoms with van der Waals surface area (Å²) >= 11 is 0. The van der Waals surface area contributed by atoms with E-state index in [4.69, 9.17) is 5.26 Å². The third kappa shape index (κ3) is 4.95. The Kier molecular flexibility index (Phi) is 6.40. The normalized spacial score (nSPS) is 21.6. The Morgan fingerprint density at radius 1 is 1.35 bits per heavy atom. The molecule has 1 saturated carbocycles. The zero-order chi connectivity index (χ0) is 16.7. The lowest BCUT2D eigenvalue weighted by atomic mass is 9.84. The molecule has 1 aromatic rings. The van der Waals surface area contributed by atoms with E-state index < -0.39 is 0 Å². The molecule has 5 heteroatoms. The maximum absolute atomic E-state index is 13.9. The van der Waals surface area contributed by atoms with E-state index in [9.17, 15) is 4.39 Å². The fourth-order valence-electron chi connectivity index (χ4n) is 3.04. The lowest BCUT2D eigenvalue weighted by Crippen LogP contribution is -2.44. The van der Waals surface area contributed by atoms with Crippen LogP contribution in [0.15, 0.2) is 23.2 Å². The summed E-state index contributed by atoms with van der Waals surface area (Å²) in [6, 6.07) is 6.91. The number of nitrogens with zero attached hydrogens (tertiary/aromatic N) is 2. The van der Waals surface area contributed by atoms with Gasteiger partial charge in [0.05, 0.1) is 11.6 Å². The number of hydrogen-bond acceptors (Lipinski definition) is 2. The number of halogens is 1. The maximum atomic E-state index is 13.9. The number of guanidine groups is 1. The first-order valence-corrected chi connectivity index (χ1v) is 8.32. The minimum Gasteiger partial charge on any atom is -0.354 e. The van der Waals surface area contributed by atoms with Gasteiger partial charge >= 0.3 is 0 Å². The van der Waals surface area contributed by atoms with Gasteiger partial charge in [-0.25, -0.2) is 4.39 Å². The number of nitrogens with one attached hydrogen (secondary N) is 2. The zero-order valence-corrected chi connectivity index (χ0v) is 13.9. The van der Waals surface area contributed by atoms with Crippen LogP contribution in [0, 0.1) is 23.1 Å². The Morgan fingerprint density at radius 2 is 2.09 bits per heavy atom. The third-order valence-corrected chi connectivity index (χ3v) is 4.62. The summed E-state index contributed by atoms with van der Waals surface area (Å²) in [6.07, 6.45) is 6.09.